The van der Waals surface area contributed by atoms with E-state index < -0.39 is 15.9 Å². The number of para-hydroxylation sites is 1. The van der Waals surface area contributed by atoms with E-state index in [0.717, 1.165) is 5.39 Å². The number of furan rings is 1. The van der Waals surface area contributed by atoms with Crippen molar-refractivity contribution >= 4 is 38.3 Å². The van der Waals surface area contributed by atoms with Gasteiger partial charge in [-0.25, -0.2) is 8.42 Å². The zero-order valence-corrected chi connectivity index (χ0v) is 20.7. The van der Waals surface area contributed by atoms with Crippen molar-refractivity contribution in [3.63, 3.8) is 0 Å². The molecule has 0 aliphatic rings. The molecule has 1 N–H and O–H groups in total. The number of rotatable bonds is 8. The molecule has 4 aromatic rings. The smallest absolute Gasteiger partial charge is 0.291 e. The van der Waals surface area contributed by atoms with Crippen molar-refractivity contribution in [2.75, 3.05) is 30.4 Å². The number of carbonyl (C=O) groups excluding carboxylic acids is 1. The molecule has 35 heavy (non-hydrogen) atoms. The maximum absolute atomic E-state index is 13.4. The number of benzene rings is 3. The van der Waals surface area contributed by atoms with Gasteiger partial charge >= 0.3 is 0 Å². The Bertz CT molecular complexity index is 1480. The monoisotopic (exact) mass is 494 g/mol. The van der Waals surface area contributed by atoms with Crippen LogP contribution in [0.15, 0.2) is 76.0 Å². The topological polar surface area (TPSA) is 98.1 Å². The number of sulfonamides is 1. The minimum absolute atomic E-state index is 0.0189. The number of anilines is 2. The van der Waals surface area contributed by atoms with Crippen molar-refractivity contribution in [2.45, 2.75) is 18.7 Å². The Morgan fingerprint density at radius 2 is 1.74 bits per heavy atom. The van der Waals surface area contributed by atoms with Crippen LogP contribution in [0.1, 0.15) is 23.0 Å². The van der Waals surface area contributed by atoms with Crippen molar-refractivity contribution in [3.8, 4) is 11.5 Å². The highest BCUT2D eigenvalue weighted by Crippen LogP contribution is 2.33. The van der Waals surface area contributed by atoms with Crippen LogP contribution < -0.4 is 19.1 Å². The Balaban J connectivity index is 1.70. The normalized spacial score (nSPS) is 11.3. The van der Waals surface area contributed by atoms with Crippen LogP contribution in [0.3, 0.4) is 0 Å². The van der Waals surface area contributed by atoms with Gasteiger partial charge in [0, 0.05) is 17.5 Å². The third-order valence-corrected chi connectivity index (χ3v) is 7.59. The van der Waals surface area contributed by atoms with E-state index in [1.165, 1.54) is 29.6 Å². The summed E-state index contributed by atoms with van der Waals surface area (Å²) in [6.45, 7) is 3.77. The second-order valence-corrected chi connectivity index (χ2v) is 9.60. The predicted octanol–water partition coefficient (Wildman–Crippen LogP) is 5.23. The lowest BCUT2D eigenvalue weighted by atomic mass is 10.1. The predicted molar refractivity (Wildman–Crippen MR) is 135 cm³/mol. The number of fused-ring (bicyclic) bond motifs is 1. The first-order chi connectivity index (χ1) is 16.8. The number of nitrogens with zero attached hydrogens (tertiary/aromatic N) is 1. The Morgan fingerprint density at radius 1 is 1.00 bits per heavy atom. The van der Waals surface area contributed by atoms with Gasteiger partial charge in [0.2, 0.25) is 0 Å². The van der Waals surface area contributed by atoms with Gasteiger partial charge < -0.3 is 19.2 Å². The van der Waals surface area contributed by atoms with Gasteiger partial charge in [-0.05, 0) is 62.4 Å². The van der Waals surface area contributed by atoms with Crippen molar-refractivity contribution in [1.82, 2.24) is 0 Å². The van der Waals surface area contributed by atoms with E-state index in [1.807, 2.05) is 6.07 Å². The number of ether oxygens (including phenoxy) is 2. The molecule has 0 radical (unpaired) electrons. The standard InChI is InChI=1S/C26H26N2O6S/c1-5-28(18-9-7-6-8-10-18)35(30,31)20-12-14-24(33-4)22(16-20)27-26(29)25-17(2)21-15-19(32-3)11-13-23(21)34-25/h6-16H,5H2,1-4H3,(H,27,29). The highest BCUT2D eigenvalue weighted by molar-refractivity contribution is 7.92. The molecule has 1 amide bonds. The molecule has 8 nitrogen and oxygen atoms in total. The number of hydrogen-bond acceptors (Lipinski definition) is 6. The van der Waals surface area contributed by atoms with E-state index in [0.29, 0.717) is 28.3 Å². The summed E-state index contributed by atoms with van der Waals surface area (Å²) < 4.78 is 44.6. The van der Waals surface area contributed by atoms with Crippen LogP contribution in [-0.2, 0) is 10.0 Å². The van der Waals surface area contributed by atoms with Crippen LogP contribution in [0.5, 0.6) is 11.5 Å². The number of aryl methyl sites for hydroxylation is 1. The first-order valence-corrected chi connectivity index (χ1v) is 12.4. The average Bonchev–Trinajstić information content (AvgIpc) is 3.20. The number of hydrogen-bond donors (Lipinski definition) is 1. The first kappa shape index (κ1) is 24.2. The van der Waals surface area contributed by atoms with Crippen molar-refractivity contribution < 1.29 is 27.1 Å². The molecule has 1 heterocycles. The third kappa shape index (κ3) is 4.54. The van der Waals surface area contributed by atoms with Gasteiger partial charge in [0.05, 0.1) is 30.5 Å². The summed E-state index contributed by atoms with van der Waals surface area (Å²) in [7, 11) is -0.890. The lowest BCUT2D eigenvalue weighted by Crippen LogP contribution is -2.30. The van der Waals surface area contributed by atoms with Crippen LogP contribution in [0.2, 0.25) is 0 Å². The van der Waals surface area contributed by atoms with Crippen LogP contribution in [0.4, 0.5) is 11.4 Å². The third-order valence-electron chi connectivity index (χ3n) is 5.69. The summed E-state index contributed by atoms with van der Waals surface area (Å²) in [6.07, 6.45) is 0. The quantitative estimate of drug-likeness (QED) is 0.360. The zero-order valence-electron chi connectivity index (χ0n) is 19.9. The molecule has 0 bridgehead atoms. The molecular formula is C26H26N2O6S. The highest BCUT2D eigenvalue weighted by Gasteiger charge is 2.26. The molecule has 0 atom stereocenters. The van der Waals surface area contributed by atoms with Crippen LogP contribution in [0, 0.1) is 6.92 Å². The van der Waals surface area contributed by atoms with E-state index in [9.17, 15) is 13.2 Å². The molecule has 0 unspecified atom stereocenters. The lowest BCUT2D eigenvalue weighted by molar-refractivity contribution is 0.0997. The summed E-state index contributed by atoms with van der Waals surface area (Å²) in [5.74, 6) is 0.547. The van der Waals surface area contributed by atoms with E-state index >= 15 is 0 Å². The minimum atomic E-state index is -3.90. The minimum Gasteiger partial charge on any atom is -0.497 e. The Kier molecular flexibility index (Phi) is 6.70. The zero-order chi connectivity index (χ0) is 25.2. The van der Waals surface area contributed by atoms with Gasteiger partial charge in [0.1, 0.15) is 17.1 Å². The second-order valence-electron chi connectivity index (χ2n) is 7.74. The Labute approximate surface area is 204 Å². The molecular weight excluding hydrogens is 468 g/mol. The summed E-state index contributed by atoms with van der Waals surface area (Å²) >= 11 is 0. The molecule has 3 aromatic carbocycles. The van der Waals surface area contributed by atoms with Gasteiger partial charge in [0.15, 0.2) is 5.76 Å². The number of methoxy groups -OCH3 is 2. The first-order valence-electron chi connectivity index (χ1n) is 10.9. The molecule has 0 spiro atoms. The maximum atomic E-state index is 13.4. The molecule has 9 heteroatoms. The fraction of sp³-hybridized carbons (Fsp3) is 0.192. The molecule has 0 saturated carbocycles. The summed E-state index contributed by atoms with van der Waals surface area (Å²) in [5.41, 5.74) is 1.93. The van der Waals surface area contributed by atoms with Gasteiger partial charge in [0.25, 0.3) is 15.9 Å². The van der Waals surface area contributed by atoms with Gasteiger partial charge in [-0.15, -0.1) is 0 Å². The van der Waals surface area contributed by atoms with E-state index in [4.69, 9.17) is 13.9 Å². The largest absolute Gasteiger partial charge is 0.497 e. The van der Waals surface area contributed by atoms with Gasteiger partial charge in [-0.1, -0.05) is 18.2 Å². The highest BCUT2D eigenvalue weighted by atomic mass is 32.2. The van der Waals surface area contributed by atoms with Gasteiger partial charge in [-0.3, -0.25) is 9.10 Å². The summed E-state index contributed by atoms with van der Waals surface area (Å²) in [4.78, 5) is 13.2. The molecule has 0 fully saturated rings. The number of amides is 1. The SMILES string of the molecule is CCN(c1ccccc1)S(=O)(=O)c1ccc(OC)c(NC(=O)c2oc3ccc(OC)cc3c2C)c1. The van der Waals surface area contributed by atoms with Crippen LogP contribution >= 0.6 is 0 Å². The molecule has 0 aliphatic carbocycles. The molecule has 0 aliphatic heterocycles. The van der Waals surface area contributed by atoms with Crippen molar-refractivity contribution in [3.05, 3.63) is 78.1 Å². The van der Waals surface area contributed by atoms with Gasteiger partial charge in [-0.2, -0.15) is 0 Å². The van der Waals surface area contributed by atoms with Crippen LogP contribution in [-0.4, -0.2) is 35.1 Å². The number of nitrogens with one attached hydrogen (secondary N) is 1. The fourth-order valence-electron chi connectivity index (χ4n) is 3.88. The molecule has 4 rings (SSSR count). The molecule has 0 saturated heterocycles. The molecule has 182 valence electrons. The lowest BCUT2D eigenvalue weighted by Gasteiger charge is -2.23. The van der Waals surface area contributed by atoms with Crippen LogP contribution in [0.25, 0.3) is 11.0 Å². The Morgan fingerprint density at radius 3 is 2.40 bits per heavy atom. The summed E-state index contributed by atoms with van der Waals surface area (Å²) in [6, 6.07) is 18.5. The maximum Gasteiger partial charge on any atom is 0.291 e. The van der Waals surface area contributed by atoms with Crippen molar-refractivity contribution in [1.29, 1.82) is 0 Å². The fourth-order valence-corrected chi connectivity index (χ4v) is 5.38. The van der Waals surface area contributed by atoms with Crippen molar-refractivity contribution in [2.24, 2.45) is 0 Å². The Hall–Kier alpha value is -3.98. The second kappa shape index (κ2) is 9.71. The average molecular weight is 495 g/mol. The number of carbonyl (C=O) groups is 1. The van der Waals surface area contributed by atoms with E-state index in [2.05, 4.69) is 5.32 Å². The van der Waals surface area contributed by atoms with E-state index in [1.54, 1.807) is 63.4 Å². The summed E-state index contributed by atoms with van der Waals surface area (Å²) in [5, 5.41) is 3.49. The van der Waals surface area contributed by atoms with E-state index in [-0.39, 0.29) is 22.9 Å². The molecule has 1 aromatic heterocycles.